The number of amidine groups is 2. The number of hydrogen-bond donors (Lipinski definition) is 1. The van der Waals surface area contributed by atoms with Gasteiger partial charge in [0.1, 0.15) is 7.05 Å². The third-order valence-electron chi connectivity index (χ3n) is 5.67. The number of aliphatic hydroxyl groups is 1. The third-order valence-corrected chi connectivity index (χ3v) is 5.67. The van der Waals surface area contributed by atoms with Gasteiger partial charge in [-0.3, -0.25) is 0 Å². The number of nitrogens with zero attached hydrogens (tertiary/aromatic N) is 3. The van der Waals surface area contributed by atoms with Crippen LogP contribution in [0.2, 0.25) is 0 Å². The molecule has 0 amide bonds. The largest absolute Gasteiger partial charge is 0.504 e. The van der Waals surface area contributed by atoms with E-state index in [0.29, 0.717) is 4.59 Å². The van der Waals surface area contributed by atoms with Crippen molar-refractivity contribution in [3.8, 4) is 11.1 Å². The minimum Gasteiger partial charge on any atom is -0.504 e. The minimum atomic E-state index is -0.564. The molecule has 4 rings (SSSR count). The van der Waals surface area contributed by atoms with Gasteiger partial charge in [-0.1, -0.05) is 43.2 Å². The zero-order valence-corrected chi connectivity index (χ0v) is 18.7. The maximum atomic E-state index is 11.4. The fourth-order valence-electron chi connectivity index (χ4n) is 4.03. The van der Waals surface area contributed by atoms with Gasteiger partial charge in [-0.05, 0) is 47.7 Å². The molecule has 0 bridgehead atoms. The summed E-state index contributed by atoms with van der Waals surface area (Å²) in [7, 11) is 2.09. The maximum absolute atomic E-state index is 11.4. The summed E-state index contributed by atoms with van der Waals surface area (Å²) in [6, 6.07) is 16.1. The summed E-state index contributed by atoms with van der Waals surface area (Å²) < 4.78 is 5.45. The van der Waals surface area contributed by atoms with E-state index in [1.165, 1.54) is 0 Å². The summed E-state index contributed by atoms with van der Waals surface area (Å²) in [5.74, 6) is 1.42. The number of cyclic esters (lactones) is 1. The predicted molar refractivity (Wildman–Crippen MR) is 129 cm³/mol. The molecule has 32 heavy (non-hydrogen) atoms. The summed E-state index contributed by atoms with van der Waals surface area (Å²) >= 11 is 0. The van der Waals surface area contributed by atoms with Crippen LogP contribution in [-0.4, -0.2) is 29.8 Å². The highest BCUT2D eigenvalue weighted by Crippen LogP contribution is 2.33. The predicted octanol–water partition coefficient (Wildman–Crippen LogP) is 5.96. The smallest absolute Gasteiger partial charge is 0.340 e. The van der Waals surface area contributed by atoms with E-state index in [4.69, 9.17) is 14.8 Å². The van der Waals surface area contributed by atoms with E-state index in [-0.39, 0.29) is 11.5 Å². The SMILES string of the molecule is CCCC1=N[N+](C)(c2ccc(-c3ccccc3/C=C3\OC(=O)C=C3O)cc2)C(CCC)=N1. The number of hydrogen-bond acceptors (Lipinski definition) is 5. The standard InChI is InChI=1S/C26H27N3O3/c1-4-8-24-27-25(9-5-2)29(3,28-24)20-14-12-18(13-15-20)21-11-7-6-10-19(21)16-23-22(30)17-26(31)32-23/h6-7,10-17H,4-5,8-9H2,1-3H3/p+1/b23-16-. The van der Waals surface area contributed by atoms with Gasteiger partial charge in [0.15, 0.2) is 23.0 Å². The molecule has 2 aliphatic rings. The number of benzene rings is 2. The molecule has 2 heterocycles. The maximum Gasteiger partial charge on any atom is 0.340 e. The van der Waals surface area contributed by atoms with Gasteiger partial charge >= 0.3 is 5.97 Å². The van der Waals surface area contributed by atoms with E-state index in [2.05, 4.69) is 45.2 Å². The van der Waals surface area contributed by atoms with E-state index in [1.54, 1.807) is 6.08 Å². The van der Waals surface area contributed by atoms with Crippen LogP contribution in [0.5, 0.6) is 0 Å². The fourth-order valence-corrected chi connectivity index (χ4v) is 4.03. The summed E-state index contributed by atoms with van der Waals surface area (Å²) in [5.41, 5.74) is 3.91. The van der Waals surface area contributed by atoms with Crippen molar-refractivity contribution >= 4 is 29.4 Å². The molecule has 0 saturated heterocycles. The molecule has 1 N–H and O–H groups in total. The molecule has 0 radical (unpaired) electrons. The zero-order chi connectivity index (χ0) is 22.7. The number of esters is 1. The van der Waals surface area contributed by atoms with Crippen LogP contribution < -0.4 is 4.59 Å². The molecule has 1 atom stereocenters. The lowest BCUT2D eigenvalue weighted by Gasteiger charge is -2.24. The number of aliphatic imine (C=N–C) groups is 1. The number of ether oxygens (including phenoxy) is 1. The van der Waals surface area contributed by atoms with Crippen molar-refractivity contribution in [3.05, 3.63) is 71.7 Å². The van der Waals surface area contributed by atoms with E-state index in [0.717, 1.165) is 65.8 Å². The molecular formula is C26H28N3O3+. The third kappa shape index (κ3) is 4.14. The first kappa shape index (κ1) is 21.7. The fraction of sp³-hybridized carbons (Fsp3) is 0.269. The number of rotatable bonds is 7. The second kappa shape index (κ2) is 8.93. The number of quaternary nitrogens is 1. The highest BCUT2D eigenvalue weighted by molar-refractivity contribution is 6.07. The lowest BCUT2D eigenvalue weighted by molar-refractivity contribution is -0.132. The average molecular weight is 431 g/mol. The van der Waals surface area contributed by atoms with Gasteiger partial charge in [0.2, 0.25) is 5.84 Å². The Morgan fingerprint density at radius 3 is 2.41 bits per heavy atom. The number of carbonyl (C=O) groups is 1. The number of aliphatic hydroxyl groups excluding tert-OH is 1. The Labute approximate surface area is 188 Å². The second-order valence-electron chi connectivity index (χ2n) is 8.10. The Morgan fingerprint density at radius 2 is 1.75 bits per heavy atom. The van der Waals surface area contributed by atoms with Crippen molar-refractivity contribution in [2.24, 2.45) is 10.1 Å². The van der Waals surface area contributed by atoms with Crippen LogP contribution in [0, 0.1) is 0 Å². The monoisotopic (exact) mass is 430 g/mol. The molecule has 1 unspecified atom stereocenters. The molecule has 0 aliphatic carbocycles. The van der Waals surface area contributed by atoms with Gasteiger partial charge in [-0.25, -0.2) is 4.79 Å². The van der Waals surface area contributed by atoms with Gasteiger partial charge < -0.3 is 9.84 Å². The van der Waals surface area contributed by atoms with Crippen LogP contribution in [0.3, 0.4) is 0 Å². The molecule has 0 spiro atoms. The first-order valence-corrected chi connectivity index (χ1v) is 11.0. The highest BCUT2D eigenvalue weighted by Gasteiger charge is 2.37. The van der Waals surface area contributed by atoms with Crippen molar-refractivity contribution in [1.29, 1.82) is 0 Å². The molecule has 2 aliphatic heterocycles. The molecule has 2 aromatic carbocycles. The van der Waals surface area contributed by atoms with E-state index >= 15 is 0 Å². The minimum absolute atomic E-state index is 0.157. The van der Waals surface area contributed by atoms with Crippen LogP contribution >= 0.6 is 0 Å². The molecule has 6 nitrogen and oxygen atoms in total. The van der Waals surface area contributed by atoms with Crippen LogP contribution in [0.4, 0.5) is 5.69 Å². The topological polar surface area (TPSA) is 71.2 Å². The van der Waals surface area contributed by atoms with Crippen LogP contribution in [0.1, 0.15) is 45.1 Å². The summed E-state index contributed by atoms with van der Waals surface area (Å²) in [6.07, 6.45) is 6.59. The van der Waals surface area contributed by atoms with Gasteiger partial charge in [-0.2, -0.15) is 4.99 Å². The molecule has 0 aromatic heterocycles. The van der Waals surface area contributed by atoms with Crippen LogP contribution in [0.25, 0.3) is 17.2 Å². The van der Waals surface area contributed by atoms with Gasteiger partial charge in [0.25, 0.3) is 0 Å². The van der Waals surface area contributed by atoms with Crippen LogP contribution in [0.15, 0.2) is 76.2 Å². The van der Waals surface area contributed by atoms with Gasteiger partial charge in [0.05, 0.1) is 6.08 Å². The Balaban J connectivity index is 1.67. The van der Waals surface area contributed by atoms with Crippen molar-refractivity contribution in [2.75, 3.05) is 7.05 Å². The van der Waals surface area contributed by atoms with Crippen LogP contribution in [-0.2, 0) is 9.53 Å². The first-order chi connectivity index (χ1) is 15.4. The summed E-state index contributed by atoms with van der Waals surface area (Å²) in [6.45, 7) is 4.30. The molecular weight excluding hydrogens is 402 g/mol. The molecule has 6 heteroatoms. The molecule has 0 fully saturated rings. The average Bonchev–Trinajstić information content (AvgIpc) is 3.27. The zero-order valence-electron chi connectivity index (χ0n) is 18.7. The lowest BCUT2D eigenvalue weighted by Crippen LogP contribution is -2.43. The van der Waals surface area contributed by atoms with Gasteiger partial charge in [-0.15, -0.1) is 4.59 Å². The van der Waals surface area contributed by atoms with Crippen molar-refractivity contribution in [3.63, 3.8) is 0 Å². The van der Waals surface area contributed by atoms with Crippen molar-refractivity contribution in [1.82, 2.24) is 4.59 Å². The van der Waals surface area contributed by atoms with E-state index in [1.807, 2.05) is 24.3 Å². The summed E-state index contributed by atoms with van der Waals surface area (Å²) in [4.78, 5) is 16.2. The summed E-state index contributed by atoms with van der Waals surface area (Å²) in [5, 5.41) is 14.9. The second-order valence-corrected chi connectivity index (χ2v) is 8.10. The normalized spacial score (nSPS) is 21.4. The van der Waals surface area contributed by atoms with Gasteiger partial charge in [0, 0.05) is 25.0 Å². The van der Waals surface area contributed by atoms with E-state index < -0.39 is 5.97 Å². The Hall–Kier alpha value is -3.51. The highest BCUT2D eigenvalue weighted by atomic mass is 16.6. The van der Waals surface area contributed by atoms with E-state index in [9.17, 15) is 9.90 Å². The first-order valence-electron chi connectivity index (χ1n) is 11.0. The molecule has 2 aromatic rings. The Bertz CT molecular complexity index is 1160. The van der Waals surface area contributed by atoms with Crippen molar-refractivity contribution in [2.45, 2.75) is 39.5 Å². The van der Waals surface area contributed by atoms with Crippen molar-refractivity contribution < 1.29 is 14.6 Å². The Kier molecular flexibility index (Phi) is 6.06. The number of carbonyl (C=O) groups excluding carboxylic acids is 1. The molecule has 0 saturated carbocycles. The quantitative estimate of drug-likeness (QED) is 0.435. The molecule has 164 valence electrons. The Morgan fingerprint density at radius 1 is 1.03 bits per heavy atom. The lowest BCUT2D eigenvalue weighted by atomic mass is 9.98.